The first-order chi connectivity index (χ1) is 9.65. The van der Waals surface area contributed by atoms with Crippen LogP contribution in [0.4, 0.5) is 10.5 Å². The van der Waals surface area contributed by atoms with Gasteiger partial charge >= 0.3 is 6.03 Å². The highest BCUT2D eigenvalue weighted by molar-refractivity contribution is 5.92. The standard InChI is InChI=1S/C15H23N3O2/c1-11-5-4-8-18(10-11)15(19)17-14-12(9-16)6-3-7-13(14)20-2/h3,6-7,11H,4-5,8-10,16H2,1-2H3,(H,17,19). The largest absolute Gasteiger partial charge is 0.495 e. The topological polar surface area (TPSA) is 67.6 Å². The normalized spacial score (nSPS) is 18.8. The van der Waals surface area contributed by atoms with E-state index in [1.807, 2.05) is 23.1 Å². The quantitative estimate of drug-likeness (QED) is 0.891. The van der Waals surface area contributed by atoms with Gasteiger partial charge in [-0.3, -0.25) is 0 Å². The van der Waals surface area contributed by atoms with Crippen LogP contribution in [-0.4, -0.2) is 31.1 Å². The number of ether oxygens (including phenoxy) is 1. The molecule has 2 rings (SSSR count). The zero-order valence-corrected chi connectivity index (χ0v) is 12.2. The molecule has 3 N–H and O–H groups in total. The van der Waals surface area contributed by atoms with Gasteiger partial charge in [0.05, 0.1) is 12.8 Å². The van der Waals surface area contributed by atoms with Gasteiger partial charge in [-0.1, -0.05) is 19.1 Å². The average Bonchev–Trinajstić information content (AvgIpc) is 2.47. The average molecular weight is 277 g/mol. The molecule has 0 aliphatic carbocycles. The maximum Gasteiger partial charge on any atom is 0.321 e. The molecule has 0 aromatic heterocycles. The van der Waals surface area contributed by atoms with E-state index in [0.29, 0.717) is 23.9 Å². The fourth-order valence-corrected chi connectivity index (χ4v) is 2.62. The van der Waals surface area contributed by atoms with Crippen LogP contribution in [0, 0.1) is 5.92 Å². The van der Waals surface area contributed by atoms with Crippen LogP contribution in [0.15, 0.2) is 18.2 Å². The third kappa shape index (κ3) is 3.22. The van der Waals surface area contributed by atoms with Gasteiger partial charge in [0.15, 0.2) is 0 Å². The van der Waals surface area contributed by atoms with E-state index in [2.05, 4.69) is 12.2 Å². The molecule has 1 aromatic rings. The number of piperidine rings is 1. The number of hydrogen-bond acceptors (Lipinski definition) is 3. The molecule has 1 aliphatic rings. The predicted molar refractivity (Wildman–Crippen MR) is 79.9 cm³/mol. The number of amides is 2. The third-order valence-electron chi connectivity index (χ3n) is 3.73. The van der Waals surface area contributed by atoms with Crippen molar-refractivity contribution in [3.63, 3.8) is 0 Å². The second-order valence-electron chi connectivity index (χ2n) is 5.32. The highest BCUT2D eigenvalue weighted by Gasteiger charge is 2.22. The molecule has 0 bridgehead atoms. The van der Waals surface area contributed by atoms with Crippen molar-refractivity contribution in [2.75, 3.05) is 25.5 Å². The summed E-state index contributed by atoms with van der Waals surface area (Å²) in [7, 11) is 1.59. The zero-order valence-electron chi connectivity index (χ0n) is 12.2. The summed E-state index contributed by atoms with van der Waals surface area (Å²) in [5.41, 5.74) is 7.29. The SMILES string of the molecule is COc1cccc(CN)c1NC(=O)N1CCCC(C)C1. The number of anilines is 1. The van der Waals surface area contributed by atoms with Crippen molar-refractivity contribution in [3.8, 4) is 5.75 Å². The van der Waals surface area contributed by atoms with Crippen molar-refractivity contribution in [2.24, 2.45) is 11.7 Å². The Morgan fingerprint density at radius 3 is 3.00 bits per heavy atom. The van der Waals surface area contributed by atoms with Crippen molar-refractivity contribution in [3.05, 3.63) is 23.8 Å². The van der Waals surface area contributed by atoms with E-state index >= 15 is 0 Å². The molecule has 0 spiro atoms. The number of likely N-dealkylation sites (tertiary alicyclic amines) is 1. The molecule has 1 heterocycles. The summed E-state index contributed by atoms with van der Waals surface area (Å²) in [5, 5.41) is 2.95. The number of nitrogens with two attached hydrogens (primary N) is 1. The number of nitrogens with zero attached hydrogens (tertiary/aromatic N) is 1. The van der Waals surface area contributed by atoms with Gasteiger partial charge in [-0.2, -0.15) is 0 Å². The molecule has 110 valence electrons. The lowest BCUT2D eigenvalue weighted by atomic mass is 10.0. The Morgan fingerprint density at radius 1 is 1.55 bits per heavy atom. The Labute approximate surface area is 120 Å². The number of rotatable bonds is 3. The van der Waals surface area contributed by atoms with Crippen molar-refractivity contribution >= 4 is 11.7 Å². The molecular formula is C15H23N3O2. The van der Waals surface area contributed by atoms with E-state index in [1.165, 1.54) is 6.42 Å². The maximum atomic E-state index is 12.4. The van der Waals surface area contributed by atoms with Crippen LogP contribution >= 0.6 is 0 Å². The first-order valence-electron chi connectivity index (χ1n) is 7.07. The van der Waals surface area contributed by atoms with Crippen molar-refractivity contribution in [1.29, 1.82) is 0 Å². The van der Waals surface area contributed by atoms with Crippen LogP contribution in [0.1, 0.15) is 25.3 Å². The van der Waals surface area contributed by atoms with Crippen LogP contribution < -0.4 is 15.8 Å². The van der Waals surface area contributed by atoms with Crippen LogP contribution in [0.25, 0.3) is 0 Å². The van der Waals surface area contributed by atoms with Crippen LogP contribution in [0.5, 0.6) is 5.75 Å². The van der Waals surface area contributed by atoms with Gasteiger partial charge in [-0.15, -0.1) is 0 Å². The van der Waals surface area contributed by atoms with Crippen LogP contribution in [0.2, 0.25) is 0 Å². The molecular weight excluding hydrogens is 254 g/mol. The van der Waals surface area contributed by atoms with Gasteiger partial charge in [0.1, 0.15) is 5.75 Å². The highest BCUT2D eigenvalue weighted by Crippen LogP contribution is 2.28. The molecule has 1 atom stereocenters. The number of nitrogens with one attached hydrogen (secondary N) is 1. The smallest absolute Gasteiger partial charge is 0.321 e. The van der Waals surface area contributed by atoms with Gasteiger partial charge in [-0.05, 0) is 30.4 Å². The molecule has 1 saturated heterocycles. The fourth-order valence-electron chi connectivity index (χ4n) is 2.62. The Kier molecular flexibility index (Phi) is 4.84. The molecule has 0 radical (unpaired) electrons. The second kappa shape index (κ2) is 6.61. The summed E-state index contributed by atoms with van der Waals surface area (Å²) < 4.78 is 5.31. The number of methoxy groups -OCH3 is 1. The first-order valence-corrected chi connectivity index (χ1v) is 7.07. The van der Waals surface area contributed by atoms with Crippen molar-refractivity contribution in [1.82, 2.24) is 4.90 Å². The third-order valence-corrected chi connectivity index (χ3v) is 3.73. The first kappa shape index (κ1) is 14.7. The maximum absolute atomic E-state index is 12.4. The molecule has 1 aliphatic heterocycles. The number of benzene rings is 1. The Balaban J connectivity index is 2.14. The molecule has 0 saturated carbocycles. The Morgan fingerprint density at radius 2 is 2.35 bits per heavy atom. The van der Waals surface area contributed by atoms with Gasteiger partial charge < -0.3 is 20.7 Å². The number of carbonyl (C=O) groups excluding carboxylic acids is 1. The summed E-state index contributed by atoms with van der Waals surface area (Å²) in [6.07, 6.45) is 2.25. The number of para-hydroxylation sites is 1. The molecule has 2 amide bonds. The van der Waals surface area contributed by atoms with E-state index in [9.17, 15) is 4.79 Å². The Bertz CT molecular complexity index is 454. The lowest BCUT2D eigenvalue weighted by Crippen LogP contribution is -2.41. The summed E-state index contributed by atoms with van der Waals surface area (Å²) in [4.78, 5) is 14.2. The lowest BCUT2D eigenvalue weighted by molar-refractivity contribution is 0.182. The molecule has 5 nitrogen and oxygen atoms in total. The lowest BCUT2D eigenvalue weighted by Gasteiger charge is -2.31. The van der Waals surface area contributed by atoms with Crippen molar-refractivity contribution < 1.29 is 9.53 Å². The van der Waals surface area contributed by atoms with Gasteiger partial charge in [0.2, 0.25) is 0 Å². The minimum Gasteiger partial charge on any atom is -0.495 e. The van der Waals surface area contributed by atoms with Crippen molar-refractivity contribution in [2.45, 2.75) is 26.3 Å². The highest BCUT2D eigenvalue weighted by atomic mass is 16.5. The minimum absolute atomic E-state index is 0.0734. The second-order valence-corrected chi connectivity index (χ2v) is 5.32. The van der Waals surface area contributed by atoms with Gasteiger partial charge in [0, 0.05) is 19.6 Å². The molecule has 20 heavy (non-hydrogen) atoms. The minimum atomic E-state index is -0.0734. The van der Waals surface area contributed by atoms with E-state index in [1.54, 1.807) is 7.11 Å². The molecule has 1 aromatic carbocycles. The van der Waals surface area contributed by atoms with Gasteiger partial charge in [0.25, 0.3) is 0 Å². The van der Waals surface area contributed by atoms with Crippen LogP contribution in [0.3, 0.4) is 0 Å². The molecule has 1 unspecified atom stereocenters. The van der Waals surface area contributed by atoms with E-state index in [4.69, 9.17) is 10.5 Å². The van der Waals surface area contributed by atoms with Crippen LogP contribution in [-0.2, 0) is 6.54 Å². The summed E-state index contributed by atoms with van der Waals surface area (Å²) >= 11 is 0. The fraction of sp³-hybridized carbons (Fsp3) is 0.533. The summed E-state index contributed by atoms with van der Waals surface area (Å²) in [6.45, 7) is 4.15. The van der Waals surface area contributed by atoms with E-state index in [-0.39, 0.29) is 6.03 Å². The number of urea groups is 1. The zero-order chi connectivity index (χ0) is 14.5. The van der Waals surface area contributed by atoms with E-state index in [0.717, 1.165) is 25.1 Å². The Hall–Kier alpha value is -1.75. The van der Waals surface area contributed by atoms with Gasteiger partial charge in [-0.25, -0.2) is 4.79 Å². The predicted octanol–water partition coefficient (Wildman–Crippen LogP) is 2.42. The summed E-state index contributed by atoms with van der Waals surface area (Å²) in [6, 6.07) is 5.53. The number of carbonyl (C=O) groups is 1. The summed E-state index contributed by atoms with van der Waals surface area (Å²) in [5.74, 6) is 1.20. The molecule has 1 fully saturated rings. The van der Waals surface area contributed by atoms with E-state index < -0.39 is 0 Å². The molecule has 5 heteroatoms. The number of hydrogen-bond donors (Lipinski definition) is 2. The monoisotopic (exact) mass is 277 g/mol.